The topological polar surface area (TPSA) is 55.4 Å². The Morgan fingerprint density at radius 3 is 2.69 bits per heavy atom. The largest absolute Gasteiger partial charge is 0.466 e. The summed E-state index contributed by atoms with van der Waals surface area (Å²) < 4.78 is 4.71. The highest BCUT2D eigenvalue weighted by Crippen LogP contribution is 2.28. The lowest BCUT2D eigenvalue weighted by Crippen LogP contribution is -2.27. The molecule has 0 radical (unpaired) electrons. The van der Waals surface area contributed by atoms with Gasteiger partial charge in [-0.25, -0.2) is 0 Å². The smallest absolute Gasteiger partial charge is 0.307 e. The summed E-state index contributed by atoms with van der Waals surface area (Å²) in [6.45, 7) is 2.56. The fourth-order valence-electron chi connectivity index (χ4n) is 1.01. The normalized spacial score (nSPS) is 15.2. The van der Waals surface area contributed by atoms with Crippen LogP contribution < -0.4 is 5.32 Å². The molecule has 1 N–H and O–H groups in total. The van der Waals surface area contributed by atoms with Crippen molar-refractivity contribution < 1.29 is 14.3 Å². The Hall–Kier alpha value is -1.06. The summed E-state index contributed by atoms with van der Waals surface area (Å²) >= 11 is 0. The zero-order valence-electron chi connectivity index (χ0n) is 7.84. The molecule has 0 bridgehead atoms. The third-order valence-corrected chi connectivity index (χ3v) is 1.88. The van der Waals surface area contributed by atoms with Gasteiger partial charge in [0.15, 0.2) is 0 Å². The average molecular weight is 185 g/mol. The third kappa shape index (κ3) is 3.92. The van der Waals surface area contributed by atoms with Crippen molar-refractivity contribution in [2.75, 3.05) is 13.2 Å². The lowest BCUT2D eigenvalue weighted by atomic mass is 10.3. The summed E-state index contributed by atoms with van der Waals surface area (Å²) in [5.74, 6) is 0.0325. The Balaban J connectivity index is 1.99. The molecule has 74 valence electrons. The van der Waals surface area contributed by atoms with Crippen LogP contribution in [0.4, 0.5) is 0 Å². The maximum absolute atomic E-state index is 11.1. The number of nitrogens with one attached hydrogen (secondary N) is 1. The highest BCUT2D eigenvalue weighted by atomic mass is 16.5. The second kappa shape index (κ2) is 4.84. The van der Waals surface area contributed by atoms with Gasteiger partial charge in [0.05, 0.1) is 13.0 Å². The molecule has 4 heteroatoms. The zero-order chi connectivity index (χ0) is 9.68. The molecule has 0 spiro atoms. The van der Waals surface area contributed by atoms with Gasteiger partial charge in [-0.1, -0.05) is 0 Å². The number of carbonyl (C=O) groups excluding carboxylic acids is 2. The molecule has 1 amide bonds. The molecule has 0 atom stereocenters. The van der Waals surface area contributed by atoms with Gasteiger partial charge in [-0.05, 0) is 19.8 Å². The average Bonchev–Trinajstić information content (AvgIpc) is 2.86. The van der Waals surface area contributed by atoms with Crippen LogP contribution >= 0.6 is 0 Å². The van der Waals surface area contributed by atoms with Gasteiger partial charge in [-0.15, -0.1) is 0 Å². The first-order chi connectivity index (χ1) is 6.24. The van der Waals surface area contributed by atoms with Crippen molar-refractivity contribution >= 4 is 11.9 Å². The lowest BCUT2D eigenvalue weighted by Gasteiger charge is -2.03. The predicted molar refractivity (Wildman–Crippen MR) is 47.0 cm³/mol. The van der Waals surface area contributed by atoms with Crippen LogP contribution in [0.2, 0.25) is 0 Å². The number of hydrogen-bond acceptors (Lipinski definition) is 3. The van der Waals surface area contributed by atoms with Gasteiger partial charge in [0.2, 0.25) is 5.91 Å². The summed E-state index contributed by atoms with van der Waals surface area (Å²) in [5.41, 5.74) is 0. The third-order valence-electron chi connectivity index (χ3n) is 1.88. The Morgan fingerprint density at radius 2 is 2.15 bits per heavy atom. The fraction of sp³-hybridized carbons (Fsp3) is 0.778. The molecule has 1 saturated carbocycles. The minimum atomic E-state index is -0.251. The Bertz CT molecular complexity index is 199. The van der Waals surface area contributed by atoms with Gasteiger partial charge >= 0.3 is 5.97 Å². The number of esters is 1. The van der Waals surface area contributed by atoms with E-state index in [-0.39, 0.29) is 24.2 Å². The van der Waals surface area contributed by atoms with E-state index in [1.807, 2.05) is 0 Å². The number of carbonyl (C=O) groups is 2. The van der Waals surface area contributed by atoms with Crippen molar-refractivity contribution in [3.8, 4) is 0 Å². The first-order valence-electron chi connectivity index (χ1n) is 4.67. The van der Waals surface area contributed by atoms with Gasteiger partial charge in [0, 0.05) is 12.5 Å². The highest BCUT2D eigenvalue weighted by Gasteiger charge is 2.29. The van der Waals surface area contributed by atoms with Crippen LogP contribution in [0.15, 0.2) is 0 Å². The Labute approximate surface area is 77.6 Å². The Morgan fingerprint density at radius 1 is 1.46 bits per heavy atom. The second-order valence-corrected chi connectivity index (χ2v) is 3.12. The molecule has 13 heavy (non-hydrogen) atoms. The minimum absolute atomic E-state index is 0.0734. The molecule has 0 aromatic carbocycles. The molecule has 0 unspecified atom stereocenters. The molecule has 4 nitrogen and oxygen atoms in total. The second-order valence-electron chi connectivity index (χ2n) is 3.12. The molecule has 1 aliphatic rings. The highest BCUT2D eigenvalue weighted by molar-refractivity contribution is 5.81. The number of hydrogen-bond donors (Lipinski definition) is 1. The van der Waals surface area contributed by atoms with Crippen LogP contribution in [-0.4, -0.2) is 25.0 Å². The van der Waals surface area contributed by atoms with E-state index in [0.717, 1.165) is 12.8 Å². The van der Waals surface area contributed by atoms with Gasteiger partial charge in [0.1, 0.15) is 0 Å². The SMILES string of the molecule is CCOC(=O)CCNC(=O)C1CC1. The van der Waals surface area contributed by atoms with Crippen molar-refractivity contribution in [2.45, 2.75) is 26.2 Å². The van der Waals surface area contributed by atoms with Crippen LogP contribution in [-0.2, 0) is 14.3 Å². The lowest BCUT2D eigenvalue weighted by molar-refractivity contribution is -0.143. The van der Waals surface area contributed by atoms with E-state index in [4.69, 9.17) is 4.74 Å². The first kappa shape index (κ1) is 10.0. The molecule has 0 aromatic heterocycles. The van der Waals surface area contributed by atoms with E-state index < -0.39 is 0 Å². The maximum Gasteiger partial charge on any atom is 0.307 e. The molecule has 1 fully saturated rings. The molecule has 1 rings (SSSR count). The minimum Gasteiger partial charge on any atom is -0.466 e. The van der Waals surface area contributed by atoms with E-state index >= 15 is 0 Å². The summed E-state index contributed by atoms with van der Waals surface area (Å²) in [6, 6.07) is 0. The van der Waals surface area contributed by atoms with E-state index in [9.17, 15) is 9.59 Å². The molecular formula is C9H15NO3. The number of amides is 1. The standard InChI is InChI=1S/C9H15NO3/c1-2-13-8(11)5-6-10-9(12)7-3-4-7/h7H,2-6H2,1H3,(H,10,12). The van der Waals surface area contributed by atoms with E-state index in [2.05, 4.69) is 5.32 Å². The first-order valence-corrected chi connectivity index (χ1v) is 4.67. The van der Waals surface area contributed by atoms with Crippen LogP contribution in [0, 0.1) is 5.92 Å². The number of rotatable bonds is 5. The van der Waals surface area contributed by atoms with E-state index in [1.54, 1.807) is 6.92 Å². The van der Waals surface area contributed by atoms with Crippen LogP contribution in [0.3, 0.4) is 0 Å². The molecule has 0 aliphatic heterocycles. The van der Waals surface area contributed by atoms with Crippen LogP contribution in [0.5, 0.6) is 0 Å². The van der Waals surface area contributed by atoms with Crippen molar-refractivity contribution in [2.24, 2.45) is 5.92 Å². The fourth-order valence-corrected chi connectivity index (χ4v) is 1.01. The summed E-state index contributed by atoms with van der Waals surface area (Å²) in [5, 5.41) is 2.69. The quantitative estimate of drug-likeness (QED) is 0.633. The number of ether oxygens (including phenoxy) is 1. The monoisotopic (exact) mass is 185 g/mol. The summed E-state index contributed by atoms with van der Waals surface area (Å²) in [7, 11) is 0. The molecule has 0 heterocycles. The van der Waals surface area contributed by atoms with Crippen molar-refractivity contribution in [3.63, 3.8) is 0 Å². The maximum atomic E-state index is 11.1. The van der Waals surface area contributed by atoms with Crippen molar-refractivity contribution in [1.29, 1.82) is 0 Å². The van der Waals surface area contributed by atoms with E-state index in [0.29, 0.717) is 13.2 Å². The summed E-state index contributed by atoms with van der Waals surface area (Å²) in [4.78, 5) is 21.9. The van der Waals surface area contributed by atoms with Crippen LogP contribution in [0.1, 0.15) is 26.2 Å². The zero-order valence-corrected chi connectivity index (χ0v) is 7.84. The van der Waals surface area contributed by atoms with Gasteiger partial charge in [-0.2, -0.15) is 0 Å². The predicted octanol–water partition coefficient (Wildman–Crippen LogP) is 0.466. The van der Waals surface area contributed by atoms with E-state index in [1.165, 1.54) is 0 Å². The van der Waals surface area contributed by atoms with Crippen molar-refractivity contribution in [1.82, 2.24) is 5.32 Å². The van der Waals surface area contributed by atoms with Crippen LogP contribution in [0.25, 0.3) is 0 Å². The van der Waals surface area contributed by atoms with Gasteiger partial charge in [-0.3, -0.25) is 9.59 Å². The summed E-state index contributed by atoms with van der Waals surface area (Å²) in [6.07, 6.45) is 2.25. The molecule has 1 aliphatic carbocycles. The Kier molecular flexibility index (Phi) is 3.73. The molecule has 0 aromatic rings. The van der Waals surface area contributed by atoms with Gasteiger partial charge < -0.3 is 10.1 Å². The molecular weight excluding hydrogens is 170 g/mol. The van der Waals surface area contributed by atoms with Gasteiger partial charge in [0.25, 0.3) is 0 Å². The molecule has 0 saturated heterocycles. The van der Waals surface area contributed by atoms with Crippen molar-refractivity contribution in [3.05, 3.63) is 0 Å².